The number of ketones is 1. The second-order valence-electron chi connectivity index (χ2n) is 21.2. The third-order valence-corrected chi connectivity index (χ3v) is 13.1. The summed E-state index contributed by atoms with van der Waals surface area (Å²) in [5.41, 5.74) is 3.28. The zero-order valence-corrected chi connectivity index (χ0v) is 47.2. The van der Waals surface area contributed by atoms with E-state index in [0.29, 0.717) is 71.3 Å². The summed E-state index contributed by atoms with van der Waals surface area (Å²) in [4.78, 5) is 97.4. The van der Waals surface area contributed by atoms with Gasteiger partial charge in [-0.25, -0.2) is 43.7 Å². The number of pyridine rings is 2. The minimum atomic E-state index is -1.26. The van der Waals surface area contributed by atoms with E-state index >= 15 is 0 Å². The maximum absolute atomic E-state index is 13.0. The molecule has 2 atom stereocenters. The topological polar surface area (TPSA) is 315 Å². The predicted molar refractivity (Wildman–Crippen MR) is 297 cm³/mol. The molecule has 0 unspecified atom stereocenters. The maximum atomic E-state index is 13.0. The van der Waals surface area contributed by atoms with Gasteiger partial charge in [-0.2, -0.15) is 0 Å². The summed E-state index contributed by atoms with van der Waals surface area (Å²) in [7, 11) is 0. The van der Waals surface area contributed by atoms with Gasteiger partial charge in [0.1, 0.15) is 39.9 Å². The number of hydrogen-bond donors (Lipinski definition) is 5. The number of anilines is 2. The maximum Gasteiger partial charge on any atom is 1.00 e. The molecule has 2 aliphatic rings. The van der Waals surface area contributed by atoms with Gasteiger partial charge in [0.2, 0.25) is 0 Å². The summed E-state index contributed by atoms with van der Waals surface area (Å²) in [6, 6.07) is 19.7. The second-order valence-corrected chi connectivity index (χ2v) is 21.2. The number of ether oxygens (including phenoxy) is 2. The number of amides is 4. The van der Waals surface area contributed by atoms with Crippen LogP contribution in [0.1, 0.15) is 177 Å². The molecule has 2 aliphatic heterocycles. The molecule has 4 amide bonds. The fourth-order valence-corrected chi connectivity index (χ4v) is 9.25. The van der Waals surface area contributed by atoms with Crippen LogP contribution in [0.4, 0.5) is 21.2 Å². The number of carbonyl (C=O) groups excluding carboxylic acids is 5. The van der Waals surface area contributed by atoms with E-state index in [4.69, 9.17) is 26.1 Å². The van der Waals surface area contributed by atoms with E-state index in [2.05, 4.69) is 25.6 Å². The Kier molecular flexibility index (Phi) is 21.0. The van der Waals surface area contributed by atoms with Crippen LogP contribution < -0.4 is 41.2 Å². The van der Waals surface area contributed by atoms with Crippen LogP contribution in [0.3, 0.4) is 0 Å². The Labute approximate surface area is 477 Å². The number of aromatic nitrogens is 6. The Morgan fingerprint density at radius 3 is 1.34 bits per heavy atom. The molecule has 80 heavy (non-hydrogen) atoms. The monoisotopic (exact) mass is 1090 g/mol. The number of aryl methyl sites for hydroxylation is 2. The van der Waals surface area contributed by atoms with Crippen molar-refractivity contribution in [3.05, 3.63) is 130 Å². The molecule has 0 radical (unpaired) electrons. The van der Waals surface area contributed by atoms with Gasteiger partial charge in [-0.3, -0.25) is 24.2 Å². The van der Waals surface area contributed by atoms with Crippen LogP contribution >= 0.6 is 0 Å². The number of nitrogen functional groups attached to an aromatic ring is 2. The van der Waals surface area contributed by atoms with Gasteiger partial charge in [-0.05, 0) is 153 Å². The minimum Gasteiger partial charge on any atom is -0.870 e. The number of piperidine rings is 2. The number of carboxylic acids is 1. The molecular weight excluding hydrogens is 1020 g/mol. The van der Waals surface area contributed by atoms with E-state index < -0.39 is 41.4 Å². The largest absolute Gasteiger partial charge is 1.00 e. The van der Waals surface area contributed by atoms with Crippen LogP contribution in [0.5, 0.6) is 0 Å². The van der Waals surface area contributed by atoms with Gasteiger partial charge in [0.15, 0.2) is 23.1 Å². The fraction of sp³-hybridized carbons (Fsp3) is 0.404. The standard InChI is InChI=1S/C29H36N6O4.C28H34N6O5.Li.H2O/c1-6-19-14-15-31-23(17-19)32-27(37)21-12-10-20(11-13-21)24-25(18(2)36)35(30)26(33-24)22-9-7-8-16-34(22)28(38)39-29(3,4)5;1-5-17-13-14-30-21(16-17)31-25(35)19-11-9-18(10-12-19)22-23(26(36)37)34(29)24(32-22)20-8-6-7-15-33(20)27(38)39-28(2,3)4;;/h10-15,17,22H,6-9,16,30H2,1-5H3,(H,31,32,37);9-14,16,20H,5-8,15,29H2,1-4H3,(H,36,37)(H,30,31,35);;1H2/q;;+1;/p-1/t22-;20-;;/m00../s1. The van der Waals surface area contributed by atoms with Crippen LogP contribution in [0, 0.1) is 0 Å². The van der Waals surface area contributed by atoms with Crippen LogP contribution in [-0.2, 0) is 22.3 Å². The molecule has 0 bridgehead atoms. The Morgan fingerprint density at radius 1 is 0.613 bits per heavy atom. The molecule has 23 heteroatoms. The SMILES string of the molecule is CCc1ccnc(NC(=O)c2ccc(-c3nc([C@@H]4CCCCN4C(=O)OC(C)(C)C)n(N)c3C(=O)O)cc2)c1.CCc1ccnc(NC(=O)c2ccc(-c3nc([C@@H]4CCCCN4C(=O)OC(C)(C)C)n(N)c3C(C)=O)cc2)c1.[Li+].[OH-]. The van der Waals surface area contributed by atoms with Crippen molar-refractivity contribution in [2.75, 3.05) is 35.4 Å². The number of benzene rings is 2. The van der Waals surface area contributed by atoms with Crippen molar-refractivity contribution in [3.8, 4) is 22.5 Å². The molecule has 4 aromatic heterocycles. The molecule has 0 aliphatic carbocycles. The predicted octanol–water partition coefficient (Wildman–Crippen LogP) is 6.60. The zero-order valence-electron chi connectivity index (χ0n) is 47.2. The van der Waals surface area contributed by atoms with Gasteiger partial charge >= 0.3 is 37.0 Å². The molecule has 420 valence electrons. The van der Waals surface area contributed by atoms with Gasteiger partial charge in [-0.15, -0.1) is 0 Å². The summed E-state index contributed by atoms with van der Waals surface area (Å²) in [5, 5.41) is 15.6. The van der Waals surface area contributed by atoms with Crippen molar-refractivity contribution in [2.45, 2.75) is 137 Å². The van der Waals surface area contributed by atoms with Gasteiger partial charge in [-0.1, -0.05) is 38.1 Å². The first-order chi connectivity index (χ1) is 37.0. The molecule has 22 nitrogen and oxygen atoms in total. The van der Waals surface area contributed by atoms with E-state index in [1.807, 2.05) is 58.9 Å². The average molecular weight is 1090 g/mol. The molecule has 2 saturated heterocycles. The van der Waals surface area contributed by atoms with Crippen molar-refractivity contribution in [3.63, 3.8) is 0 Å². The number of imidazole rings is 2. The van der Waals surface area contributed by atoms with Gasteiger partial charge in [0.05, 0.1) is 12.1 Å². The quantitative estimate of drug-likeness (QED) is 0.0490. The molecule has 2 aromatic carbocycles. The minimum absolute atomic E-state index is 0. The first-order valence-electron chi connectivity index (χ1n) is 26.2. The molecule has 0 spiro atoms. The van der Waals surface area contributed by atoms with Crippen molar-refractivity contribution < 1.29 is 67.7 Å². The summed E-state index contributed by atoms with van der Waals surface area (Å²) in [5.74, 6) is 12.2. The summed E-state index contributed by atoms with van der Waals surface area (Å²) in [6.45, 7) is 17.3. The third kappa shape index (κ3) is 15.2. The Balaban J connectivity index is 0.000000287. The fourth-order valence-electron chi connectivity index (χ4n) is 9.25. The van der Waals surface area contributed by atoms with E-state index in [0.717, 1.165) is 54.3 Å². The number of nitrogens with one attached hydrogen (secondary N) is 2. The van der Waals surface area contributed by atoms with E-state index in [-0.39, 0.29) is 64.8 Å². The summed E-state index contributed by atoms with van der Waals surface area (Å²) in [6.07, 6.45) is 8.60. The number of Topliss-reactive ketones (excluding diaryl/α,β-unsaturated/α-hetero) is 1. The van der Waals surface area contributed by atoms with E-state index in [9.17, 15) is 33.9 Å². The average Bonchev–Trinajstić information content (AvgIpc) is 3.94. The zero-order chi connectivity index (χ0) is 56.6. The second kappa shape index (κ2) is 26.7. The number of likely N-dealkylation sites (tertiary alicyclic amines) is 2. The molecule has 8 N–H and O–H groups in total. The Hall–Kier alpha value is -8.06. The Morgan fingerprint density at radius 2 is 0.988 bits per heavy atom. The first kappa shape index (κ1) is 62.8. The van der Waals surface area contributed by atoms with Crippen LogP contribution in [0.15, 0.2) is 85.2 Å². The molecule has 0 saturated carbocycles. The van der Waals surface area contributed by atoms with Crippen LogP contribution in [-0.4, -0.2) is 110 Å². The van der Waals surface area contributed by atoms with Gasteiger partial charge < -0.3 is 42.4 Å². The number of hydrogen-bond acceptors (Lipinski definition) is 15. The first-order valence-corrected chi connectivity index (χ1v) is 26.2. The summed E-state index contributed by atoms with van der Waals surface area (Å²) < 4.78 is 13.5. The third-order valence-electron chi connectivity index (χ3n) is 13.1. The molecule has 6 aromatic rings. The number of rotatable bonds is 12. The summed E-state index contributed by atoms with van der Waals surface area (Å²) >= 11 is 0. The number of nitrogens with two attached hydrogens (primary N) is 2. The van der Waals surface area contributed by atoms with Crippen LogP contribution in [0.25, 0.3) is 22.5 Å². The Bertz CT molecular complexity index is 2970. The number of carbonyl (C=O) groups is 6. The smallest absolute Gasteiger partial charge is 0.870 e. The molecular formula is C57H71LiN12O10. The van der Waals surface area contributed by atoms with Gasteiger partial charge in [0, 0.05) is 54.7 Å². The van der Waals surface area contributed by atoms with Crippen molar-refractivity contribution in [1.82, 2.24) is 39.1 Å². The molecule has 8 rings (SSSR count). The number of carboxylic acid groups (broad SMARTS) is 1. The van der Waals surface area contributed by atoms with Crippen molar-refractivity contribution >= 4 is 47.4 Å². The van der Waals surface area contributed by atoms with Crippen molar-refractivity contribution in [2.24, 2.45) is 0 Å². The number of aromatic carboxylic acids is 1. The van der Waals surface area contributed by atoms with Crippen molar-refractivity contribution in [1.29, 1.82) is 0 Å². The molecule has 6 heterocycles. The van der Waals surface area contributed by atoms with Crippen LogP contribution in [0.2, 0.25) is 0 Å². The molecule has 2 fully saturated rings. The number of nitrogens with zero attached hydrogens (tertiary/aromatic N) is 8. The van der Waals surface area contributed by atoms with E-state index in [1.165, 1.54) is 11.6 Å². The van der Waals surface area contributed by atoms with E-state index in [1.54, 1.807) is 91.5 Å². The van der Waals surface area contributed by atoms with Gasteiger partial charge in [0.25, 0.3) is 11.8 Å². The normalized spacial score (nSPS) is 15.2.